The normalized spacial score (nSPS) is 16.0. The van der Waals surface area contributed by atoms with Gasteiger partial charge in [0.1, 0.15) is 0 Å². The van der Waals surface area contributed by atoms with E-state index in [9.17, 15) is 0 Å². The molecule has 0 unspecified atom stereocenters. The summed E-state index contributed by atoms with van der Waals surface area (Å²) in [5.41, 5.74) is 3.70. The highest BCUT2D eigenvalue weighted by atomic mass is 16.7. The van der Waals surface area contributed by atoms with Crippen molar-refractivity contribution in [1.82, 2.24) is 0 Å². The molecule has 2 aromatic rings. The quantitative estimate of drug-likeness (QED) is 0.801. The summed E-state index contributed by atoms with van der Waals surface area (Å²) < 4.78 is 11.6. The summed E-state index contributed by atoms with van der Waals surface area (Å²) in [4.78, 5) is 0. The molecule has 3 rings (SSSR count). The van der Waals surface area contributed by atoms with Crippen molar-refractivity contribution in [1.29, 1.82) is 0 Å². The SMILES string of the molecule is c1ccc(CC2OCc3ccccc3CO2)cc1. The van der Waals surface area contributed by atoms with Gasteiger partial charge in [0.15, 0.2) is 6.29 Å². The zero-order valence-corrected chi connectivity index (χ0v) is 10.2. The molecule has 0 N–H and O–H groups in total. The van der Waals surface area contributed by atoms with E-state index in [0.717, 1.165) is 6.42 Å². The molecule has 0 fully saturated rings. The molecule has 1 heterocycles. The second-order valence-corrected chi connectivity index (χ2v) is 4.51. The first kappa shape index (κ1) is 11.5. The van der Waals surface area contributed by atoms with Crippen LogP contribution in [0.5, 0.6) is 0 Å². The lowest BCUT2D eigenvalue weighted by Crippen LogP contribution is -2.17. The van der Waals surface area contributed by atoms with Crippen molar-refractivity contribution in [2.24, 2.45) is 0 Å². The van der Waals surface area contributed by atoms with Gasteiger partial charge in [-0.2, -0.15) is 0 Å². The van der Waals surface area contributed by atoms with Gasteiger partial charge in [-0.25, -0.2) is 0 Å². The van der Waals surface area contributed by atoms with Crippen LogP contribution in [0.4, 0.5) is 0 Å². The zero-order chi connectivity index (χ0) is 12.2. The Bertz CT molecular complexity index is 481. The maximum absolute atomic E-state index is 5.81. The van der Waals surface area contributed by atoms with Crippen LogP contribution in [0.25, 0.3) is 0 Å². The third-order valence-electron chi connectivity index (χ3n) is 3.21. The van der Waals surface area contributed by atoms with Crippen LogP contribution in [0.2, 0.25) is 0 Å². The van der Waals surface area contributed by atoms with Gasteiger partial charge in [-0.05, 0) is 16.7 Å². The summed E-state index contributed by atoms with van der Waals surface area (Å²) in [6, 6.07) is 18.6. The van der Waals surface area contributed by atoms with Crippen molar-refractivity contribution in [2.45, 2.75) is 25.9 Å². The summed E-state index contributed by atoms with van der Waals surface area (Å²) in [6.07, 6.45) is 0.647. The lowest BCUT2D eigenvalue weighted by Gasteiger charge is -2.15. The van der Waals surface area contributed by atoms with E-state index in [1.165, 1.54) is 16.7 Å². The molecule has 0 aliphatic carbocycles. The number of hydrogen-bond acceptors (Lipinski definition) is 2. The van der Waals surface area contributed by atoms with Crippen LogP contribution >= 0.6 is 0 Å². The van der Waals surface area contributed by atoms with Gasteiger partial charge in [0.2, 0.25) is 0 Å². The fourth-order valence-corrected chi connectivity index (χ4v) is 2.18. The van der Waals surface area contributed by atoms with Gasteiger partial charge in [0.05, 0.1) is 13.2 Å². The molecular weight excluding hydrogens is 224 g/mol. The number of benzene rings is 2. The second kappa shape index (κ2) is 5.34. The molecule has 0 spiro atoms. The zero-order valence-electron chi connectivity index (χ0n) is 10.2. The minimum atomic E-state index is -0.153. The van der Waals surface area contributed by atoms with Crippen LogP contribution in [0, 0.1) is 0 Å². The van der Waals surface area contributed by atoms with Crippen molar-refractivity contribution in [3.63, 3.8) is 0 Å². The third-order valence-corrected chi connectivity index (χ3v) is 3.21. The molecule has 0 saturated heterocycles. The summed E-state index contributed by atoms with van der Waals surface area (Å²) in [5.74, 6) is 0. The fourth-order valence-electron chi connectivity index (χ4n) is 2.18. The Labute approximate surface area is 107 Å². The van der Waals surface area contributed by atoms with Gasteiger partial charge in [-0.3, -0.25) is 0 Å². The van der Waals surface area contributed by atoms with Crippen LogP contribution in [0.1, 0.15) is 16.7 Å². The first-order valence-corrected chi connectivity index (χ1v) is 6.26. The minimum absolute atomic E-state index is 0.153. The van der Waals surface area contributed by atoms with Crippen LogP contribution in [0.15, 0.2) is 54.6 Å². The molecule has 0 saturated carbocycles. The van der Waals surface area contributed by atoms with Gasteiger partial charge in [-0.15, -0.1) is 0 Å². The van der Waals surface area contributed by atoms with E-state index in [2.05, 4.69) is 24.3 Å². The molecule has 2 heteroatoms. The number of rotatable bonds is 2. The Kier molecular flexibility index (Phi) is 3.40. The summed E-state index contributed by atoms with van der Waals surface area (Å²) in [7, 11) is 0. The molecule has 92 valence electrons. The van der Waals surface area contributed by atoms with Crippen LogP contribution in [0.3, 0.4) is 0 Å². The molecule has 0 aromatic heterocycles. The highest BCUT2D eigenvalue weighted by Crippen LogP contribution is 2.19. The largest absolute Gasteiger partial charge is 0.348 e. The van der Waals surface area contributed by atoms with E-state index in [-0.39, 0.29) is 6.29 Å². The molecule has 2 aromatic carbocycles. The third kappa shape index (κ3) is 2.61. The average molecular weight is 240 g/mol. The van der Waals surface area contributed by atoms with Gasteiger partial charge in [0.25, 0.3) is 0 Å². The first-order valence-electron chi connectivity index (χ1n) is 6.26. The van der Waals surface area contributed by atoms with Crippen LogP contribution < -0.4 is 0 Å². The average Bonchev–Trinajstić information content (AvgIpc) is 2.63. The Morgan fingerprint density at radius 2 is 1.33 bits per heavy atom. The molecule has 2 nitrogen and oxygen atoms in total. The molecule has 0 radical (unpaired) electrons. The molecule has 0 amide bonds. The summed E-state index contributed by atoms with van der Waals surface area (Å²) >= 11 is 0. The predicted octanol–water partition coefficient (Wildman–Crippen LogP) is 3.30. The molecule has 1 aliphatic heterocycles. The molecule has 1 aliphatic rings. The number of ether oxygens (including phenoxy) is 2. The van der Waals surface area contributed by atoms with Crippen molar-refractivity contribution in [3.8, 4) is 0 Å². The smallest absolute Gasteiger partial charge is 0.162 e. The topological polar surface area (TPSA) is 18.5 Å². The Hall–Kier alpha value is -1.64. The monoisotopic (exact) mass is 240 g/mol. The van der Waals surface area contributed by atoms with E-state index in [1.54, 1.807) is 0 Å². The van der Waals surface area contributed by atoms with E-state index >= 15 is 0 Å². The van der Waals surface area contributed by atoms with Crippen LogP contribution in [-0.4, -0.2) is 6.29 Å². The van der Waals surface area contributed by atoms with Crippen LogP contribution in [-0.2, 0) is 29.1 Å². The van der Waals surface area contributed by atoms with Crippen molar-refractivity contribution >= 4 is 0 Å². The highest BCUT2D eigenvalue weighted by molar-refractivity contribution is 5.26. The van der Waals surface area contributed by atoms with Gasteiger partial charge >= 0.3 is 0 Å². The lowest BCUT2D eigenvalue weighted by atomic mass is 10.1. The van der Waals surface area contributed by atoms with E-state index in [4.69, 9.17) is 9.47 Å². The molecule has 18 heavy (non-hydrogen) atoms. The molecule has 0 bridgehead atoms. The van der Waals surface area contributed by atoms with Gasteiger partial charge in [0, 0.05) is 6.42 Å². The molecular formula is C16H16O2. The van der Waals surface area contributed by atoms with E-state index < -0.39 is 0 Å². The van der Waals surface area contributed by atoms with Crippen molar-refractivity contribution in [3.05, 3.63) is 71.3 Å². The Morgan fingerprint density at radius 1 is 0.778 bits per heavy atom. The predicted molar refractivity (Wildman–Crippen MR) is 70.0 cm³/mol. The van der Waals surface area contributed by atoms with Gasteiger partial charge in [-0.1, -0.05) is 54.6 Å². The Balaban J connectivity index is 1.68. The maximum atomic E-state index is 5.81. The highest BCUT2D eigenvalue weighted by Gasteiger charge is 2.16. The minimum Gasteiger partial charge on any atom is -0.348 e. The second-order valence-electron chi connectivity index (χ2n) is 4.51. The Morgan fingerprint density at radius 3 is 1.94 bits per heavy atom. The summed E-state index contributed by atoms with van der Waals surface area (Å²) in [5, 5.41) is 0. The standard InChI is InChI=1S/C16H16O2/c1-2-6-13(7-3-1)10-16-17-11-14-8-4-5-9-15(14)12-18-16/h1-9,16H,10-12H2. The fraction of sp³-hybridized carbons (Fsp3) is 0.250. The van der Waals surface area contributed by atoms with E-state index in [0.29, 0.717) is 13.2 Å². The number of hydrogen-bond donors (Lipinski definition) is 0. The number of fused-ring (bicyclic) bond motifs is 1. The first-order chi connectivity index (χ1) is 8.92. The van der Waals surface area contributed by atoms with Gasteiger partial charge < -0.3 is 9.47 Å². The summed E-state index contributed by atoms with van der Waals surface area (Å²) in [6.45, 7) is 1.27. The lowest BCUT2D eigenvalue weighted by molar-refractivity contribution is -0.147. The molecule has 0 atom stereocenters. The van der Waals surface area contributed by atoms with Crippen molar-refractivity contribution in [2.75, 3.05) is 0 Å². The van der Waals surface area contributed by atoms with E-state index in [1.807, 2.05) is 30.3 Å². The van der Waals surface area contributed by atoms with Crippen molar-refractivity contribution < 1.29 is 9.47 Å². The maximum Gasteiger partial charge on any atom is 0.162 e.